The quantitative estimate of drug-likeness (QED) is 0.651. The van der Waals surface area contributed by atoms with Crippen molar-refractivity contribution < 1.29 is 13.3 Å². The largest absolute Gasteiger partial charge is 0.542 e. The maximum Gasteiger partial charge on any atom is 0.242 e. The van der Waals surface area contributed by atoms with E-state index in [0.717, 1.165) is 33.1 Å². The van der Waals surface area contributed by atoms with Gasteiger partial charge in [-0.15, -0.1) is 0 Å². The van der Waals surface area contributed by atoms with Crippen LogP contribution >= 0.6 is 0 Å². The summed E-state index contributed by atoms with van der Waals surface area (Å²) in [5.41, 5.74) is 1.10. The molecule has 0 heterocycles. The topological polar surface area (TPSA) is 27.7 Å². The van der Waals surface area contributed by atoms with Gasteiger partial charge in [-0.1, -0.05) is 12.7 Å². The highest BCUT2D eigenvalue weighted by Crippen LogP contribution is 2.41. The van der Waals surface area contributed by atoms with Crippen LogP contribution in [0.4, 0.5) is 0 Å². The fourth-order valence-corrected chi connectivity index (χ4v) is 5.53. The van der Waals surface area contributed by atoms with Crippen molar-refractivity contribution >= 4 is 46.5 Å². The molecule has 0 N–H and O–H groups in total. The highest BCUT2D eigenvalue weighted by molar-refractivity contribution is 6.72. The molecule has 0 bridgehead atoms. The van der Waals surface area contributed by atoms with Gasteiger partial charge in [-0.3, -0.25) is 0 Å². The molecule has 136 valence electrons. The van der Waals surface area contributed by atoms with E-state index in [1.165, 1.54) is 5.19 Å². The third-order valence-electron chi connectivity index (χ3n) is 2.94. The predicted molar refractivity (Wildman–Crippen MR) is 118 cm³/mol. The minimum absolute atomic E-state index is 0.814. The number of hydrogen-bond donors (Lipinski definition) is 0. The van der Waals surface area contributed by atoms with Crippen LogP contribution in [-0.2, 0) is 0 Å². The number of hydrogen-bond acceptors (Lipinski definition) is 3. The summed E-state index contributed by atoms with van der Waals surface area (Å²) < 4.78 is 19.3. The molecule has 1 aromatic carbocycles. The van der Waals surface area contributed by atoms with Gasteiger partial charge >= 0.3 is 0 Å². The standard InChI is InChI=1S/C17H34O3Si4/c1-11-13-12-14(18-22(2,3)4)15(19-23(5,6)7)16(17(13)21)20-24(8,9)10/h11-12H,1H2,2-10,21H3. The first-order chi connectivity index (χ1) is 10.6. The van der Waals surface area contributed by atoms with E-state index in [0.29, 0.717) is 0 Å². The van der Waals surface area contributed by atoms with Crippen molar-refractivity contribution in [3.05, 3.63) is 18.2 Å². The van der Waals surface area contributed by atoms with Gasteiger partial charge in [0.05, 0.1) is 0 Å². The van der Waals surface area contributed by atoms with Gasteiger partial charge in [0.15, 0.2) is 5.75 Å². The van der Waals surface area contributed by atoms with Crippen molar-refractivity contribution in [1.82, 2.24) is 0 Å². The molecule has 0 saturated heterocycles. The number of rotatable bonds is 7. The Kier molecular flexibility index (Phi) is 6.41. The summed E-state index contributed by atoms with van der Waals surface area (Å²) in [6, 6.07) is 2.08. The zero-order valence-corrected chi connectivity index (χ0v) is 22.1. The van der Waals surface area contributed by atoms with Crippen LogP contribution in [0.15, 0.2) is 12.6 Å². The first kappa shape index (κ1) is 21.3. The molecule has 0 aliphatic carbocycles. The Morgan fingerprint density at radius 3 is 1.58 bits per heavy atom. The van der Waals surface area contributed by atoms with E-state index >= 15 is 0 Å². The third-order valence-corrected chi connectivity index (χ3v) is 6.44. The van der Waals surface area contributed by atoms with Gasteiger partial charge in [-0.2, -0.15) is 0 Å². The van der Waals surface area contributed by atoms with Crippen molar-refractivity contribution in [3.8, 4) is 17.2 Å². The summed E-state index contributed by atoms with van der Waals surface area (Å²) in [5, 5.41) is 1.21. The summed E-state index contributed by atoms with van der Waals surface area (Å²) in [4.78, 5) is 0. The van der Waals surface area contributed by atoms with Gasteiger partial charge in [0.2, 0.25) is 25.0 Å². The second-order valence-electron chi connectivity index (χ2n) is 9.09. The van der Waals surface area contributed by atoms with Crippen LogP contribution in [0.1, 0.15) is 5.56 Å². The summed E-state index contributed by atoms with van der Waals surface area (Å²) in [5.74, 6) is 2.53. The Morgan fingerprint density at radius 2 is 1.21 bits per heavy atom. The van der Waals surface area contributed by atoms with Gasteiger partial charge in [0.25, 0.3) is 0 Å². The molecule has 3 nitrogen and oxygen atoms in total. The number of benzene rings is 1. The van der Waals surface area contributed by atoms with Crippen molar-refractivity contribution in [3.63, 3.8) is 0 Å². The monoisotopic (exact) mass is 398 g/mol. The van der Waals surface area contributed by atoms with E-state index < -0.39 is 25.0 Å². The molecule has 0 spiro atoms. The molecule has 1 aromatic rings. The second-order valence-corrected chi connectivity index (χ2v) is 23.4. The third kappa shape index (κ3) is 6.62. The molecular formula is C17H34O3Si4. The van der Waals surface area contributed by atoms with Crippen LogP contribution in [0.25, 0.3) is 6.08 Å². The SMILES string of the molecule is C=Cc1cc(O[Si](C)(C)C)c(O[Si](C)(C)C)c(O[Si](C)(C)C)c1[SiH3]. The molecule has 24 heavy (non-hydrogen) atoms. The van der Waals surface area contributed by atoms with E-state index in [-0.39, 0.29) is 0 Å². The molecule has 0 aliphatic rings. The maximum absolute atomic E-state index is 6.47. The molecule has 0 radical (unpaired) electrons. The second kappa shape index (κ2) is 7.23. The first-order valence-corrected chi connectivity index (χ1v) is 19.7. The molecule has 0 atom stereocenters. The molecule has 0 saturated carbocycles. The van der Waals surface area contributed by atoms with Crippen LogP contribution in [0.5, 0.6) is 17.2 Å². The van der Waals surface area contributed by atoms with E-state index in [1.807, 2.05) is 6.08 Å². The Labute approximate surface area is 154 Å². The maximum atomic E-state index is 6.47. The summed E-state index contributed by atoms with van der Waals surface area (Å²) >= 11 is 0. The van der Waals surface area contributed by atoms with Crippen molar-refractivity contribution in [2.45, 2.75) is 58.9 Å². The molecule has 0 aromatic heterocycles. The Hall–Kier alpha value is -0.772. The normalized spacial score (nSPS) is 12.9. The fourth-order valence-electron chi connectivity index (χ4n) is 2.18. The van der Waals surface area contributed by atoms with Gasteiger partial charge < -0.3 is 13.3 Å². The lowest BCUT2D eigenvalue weighted by Gasteiger charge is -2.31. The van der Waals surface area contributed by atoms with Gasteiger partial charge in [-0.25, -0.2) is 0 Å². The summed E-state index contributed by atoms with van der Waals surface area (Å²) in [6.07, 6.45) is 1.90. The minimum Gasteiger partial charge on any atom is -0.542 e. The van der Waals surface area contributed by atoms with E-state index in [1.54, 1.807) is 0 Å². The van der Waals surface area contributed by atoms with Gasteiger partial charge in [0.1, 0.15) is 11.5 Å². The Morgan fingerprint density at radius 1 is 0.792 bits per heavy atom. The highest BCUT2D eigenvalue weighted by Gasteiger charge is 2.30. The lowest BCUT2D eigenvalue weighted by molar-refractivity contribution is 0.456. The molecule has 1 rings (SSSR count). The average molecular weight is 399 g/mol. The van der Waals surface area contributed by atoms with Crippen molar-refractivity contribution in [1.29, 1.82) is 0 Å². The fraction of sp³-hybridized carbons (Fsp3) is 0.529. The van der Waals surface area contributed by atoms with E-state index in [2.05, 4.69) is 71.6 Å². The zero-order valence-electron chi connectivity index (χ0n) is 17.1. The Balaban J connectivity index is 3.66. The summed E-state index contributed by atoms with van der Waals surface area (Å²) in [6.45, 7) is 23.7. The van der Waals surface area contributed by atoms with Gasteiger partial charge in [0, 0.05) is 10.2 Å². The summed E-state index contributed by atoms with van der Waals surface area (Å²) in [7, 11) is -4.47. The molecular weight excluding hydrogens is 365 g/mol. The average Bonchev–Trinajstić information content (AvgIpc) is 2.32. The lowest BCUT2D eigenvalue weighted by Crippen LogP contribution is -2.36. The molecule has 0 aliphatic heterocycles. The van der Waals surface area contributed by atoms with Gasteiger partial charge in [-0.05, 0) is 75.7 Å². The van der Waals surface area contributed by atoms with Crippen molar-refractivity contribution in [2.75, 3.05) is 0 Å². The molecule has 0 fully saturated rings. The zero-order chi connectivity index (χ0) is 18.9. The van der Waals surface area contributed by atoms with Crippen LogP contribution in [0, 0.1) is 0 Å². The lowest BCUT2D eigenvalue weighted by atomic mass is 10.2. The van der Waals surface area contributed by atoms with Crippen LogP contribution < -0.4 is 18.5 Å². The Bertz CT molecular complexity index is 608. The van der Waals surface area contributed by atoms with E-state index in [9.17, 15) is 0 Å². The first-order valence-electron chi connectivity index (χ1n) is 8.50. The van der Waals surface area contributed by atoms with Crippen LogP contribution in [0.3, 0.4) is 0 Å². The molecule has 0 amide bonds. The minimum atomic E-state index is -1.80. The van der Waals surface area contributed by atoms with E-state index in [4.69, 9.17) is 13.3 Å². The molecule has 0 unspecified atom stereocenters. The molecule has 7 heteroatoms. The van der Waals surface area contributed by atoms with Crippen molar-refractivity contribution in [2.24, 2.45) is 0 Å². The highest BCUT2D eigenvalue weighted by atomic mass is 28.4. The van der Waals surface area contributed by atoms with Crippen LogP contribution in [0.2, 0.25) is 58.9 Å². The van der Waals surface area contributed by atoms with Crippen LogP contribution in [-0.4, -0.2) is 35.2 Å². The smallest absolute Gasteiger partial charge is 0.242 e. The predicted octanol–water partition coefficient (Wildman–Crippen LogP) is 3.96.